The van der Waals surface area contributed by atoms with E-state index in [0.29, 0.717) is 23.1 Å². The summed E-state index contributed by atoms with van der Waals surface area (Å²) < 4.78 is 7.78. The molecule has 2 aromatic carbocycles. The van der Waals surface area contributed by atoms with Crippen LogP contribution in [0, 0.1) is 6.92 Å². The second-order valence-corrected chi connectivity index (χ2v) is 7.53. The number of aromatic hydroxyl groups is 1. The number of nitrogens with zero attached hydrogens (tertiary/aromatic N) is 5. The van der Waals surface area contributed by atoms with Crippen LogP contribution in [0.5, 0.6) is 17.4 Å². The van der Waals surface area contributed by atoms with E-state index in [0.717, 1.165) is 27.8 Å². The second kappa shape index (κ2) is 6.63. The van der Waals surface area contributed by atoms with E-state index in [9.17, 15) is 5.11 Å². The third-order valence-electron chi connectivity index (χ3n) is 5.59. The smallest absolute Gasteiger partial charge is 0.228 e. The molecule has 0 spiro atoms. The summed E-state index contributed by atoms with van der Waals surface area (Å²) in [5, 5.41) is 14.7. The molecule has 1 aliphatic rings. The lowest BCUT2D eigenvalue weighted by Crippen LogP contribution is -2.15. The van der Waals surface area contributed by atoms with Gasteiger partial charge in [-0.2, -0.15) is 0 Å². The zero-order valence-corrected chi connectivity index (χ0v) is 16.6. The molecule has 0 aliphatic carbocycles. The first kappa shape index (κ1) is 17.6. The lowest BCUT2D eigenvalue weighted by molar-refractivity contribution is 0.422. The van der Waals surface area contributed by atoms with Crippen molar-refractivity contribution in [3.8, 4) is 28.8 Å². The van der Waals surface area contributed by atoms with Crippen LogP contribution in [0.15, 0.2) is 73.3 Å². The Balaban J connectivity index is 1.63. The van der Waals surface area contributed by atoms with Crippen molar-refractivity contribution in [3.63, 3.8) is 0 Å². The molecule has 7 nitrogen and oxygen atoms in total. The standard InChI is InChI=1S/C24H17N5O2/c1-14-5-2-3-7-17(14)22-27-23-21-20(15-6-4-10-25-12-15)18-9-8-16(30)11-19(18)31-24(21)26-13-29(23)28-22/h2-13,20,30H,1H3. The molecule has 0 saturated carbocycles. The van der Waals surface area contributed by atoms with Crippen LogP contribution in [0.4, 0.5) is 0 Å². The Labute approximate surface area is 177 Å². The minimum atomic E-state index is -0.210. The lowest BCUT2D eigenvalue weighted by atomic mass is 9.84. The average Bonchev–Trinajstić information content (AvgIpc) is 3.22. The third kappa shape index (κ3) is 2.74. The number of rotatable bonds is 2. The van der Waals surface area contributed by atoms with Crippen LogP contribution in [-0.4, -0.2) is 29.7 Å². The average molecular weight is 407 g/mol. The quantitative estimate of drug-likeness (QED) is 0.455. The number of hydrogen-bond donors (Lipinski definition) is 1. The van der Waals surface area contributed by atoms with E-state index >= 15 is 0 Å². The molecule has 0 amide bonds. The van der Waals surface area contributed by atoms with Gasteiger partial charge in [0.25, 0.3) is 0 Å². The molecule has 0 fully saturated rings. The van der Waals surface area contributed by atoms with Gasteiger partial charge in [0.1, 0.15) is 17.8 Å². The first-order chi connectivity index (χ1) is 15.2. The molecule has 6 rings (SSSR count). The molecule has 150 valence electrons. The van der Waals surface area contributed by atoms with Crippen LogP contribution in [-0.2, 0) is 0 Å². The third-order valence-corrected chi connectivity index (χ3v) is 5.59. The maximum Gasteiger partial charge on any atom is 0.228 e. The van der Waals surface area contributed by atoms with E-state index in [1.165, 1.54) is 0 Å². The highest BCUT2D eigenvalue weighted by Crippen LogP contribution is 2.48. The van der Waals surface area contributed by atoms with E-state index in [-0.39, 0.29) is 11.7 Å². The fourth-order valence-corrected chi connectivity index (χ4v) is 4.13. The van der Waals surface area contributed by atoms with Crippen LogP contribution >= 0.6 is 0 Å². The number of benzene rings is 2. The monoisotopic (exact) mass is 407 g/mol. The lowest BCUT2D eigenvalue weighted by Gasteiger charge is -2.27. The summed E-state index contributed by atoms with van der Waals surface area (Å²) in [7, 11) is 0. The van der Waals surface area contributed by atoms with Gasteiger partial charge >= 0.3 is 0 Å². The van der Waals surface area contributed by atoms with Gasteiger partial charge < -0.3 is 9.84 Å². The van der Waals surface area contributed by atoms with Gasteiger partial charge in [0.15, 0.2) is 11.5 Å². The summed E-state index contributed by atoms with van der Waals surface area (Å²) in [6.45, 7) is 2.04. The van der Waals surface area contributed by atoms with Crippen LogP contribution in [0.1, 0.15) is 28.2 Å². The Kier molecular flexibility index (Phi) is 3.76. The molecule has 3 aromatic heterocycles. The van der Waals surface area contributed by atoms with Gasteiger partial charge in [0.2, 0.25) is 5.88 Å². The number of aryl methyl sites for hydroxylation is 1. The normalized spacial score (nSPS) is 14.7. The van der Waals surface area contributed by atoms with E-state index in [4.69, 9.17) is 9.72 Å². The summed E-state index contributed by atoms with van der Waals surface area (Å²) in [5.74, 6) is 1.57. The molecular weight excluding hydrogens is 390 g/mol. The molecule has 1 unspecified atom stereocenters. The first-order valence-corrected chi connectivity index (χ1v) is 9.91. The fraction of sp³-hybridized carbons (Fsp3) is 0.0833. The van der Waals surface area contributed by atoms with Crippen molar-refractivity contribution in [2.24, 2.45) is 0 Å². The molecule has 1 atom stereocenters. The van der Waals surface area contributed by atoms with E-state index in [1.54, 1.807) is 29.2 Å². The summed E-state index contributed by atoms with van der Waals surface area (Å²) in [5.41, 5.74) is 5.46. The van der Waals surface area contributed by atoms with Gasteiger partial charge in [-0.05, 0) is 30.2 Å². The van der Waals surface area contributed by atoms with Gasteiger partial charge in [-0.3, -0.25) is 4.98 Å². The van der Waals surface area contributed by atoms with Crippen molar-refractivity contribution in [1.82, 2.24) is 24.6 Å². The molecule has 0 bridgehead atoms. The molecule has 0 radical (unpaired) electrons. The molecular formula is C24H17N5O2. The van der Waals surface area contributed by atoms with Gasteiger partial charge in [-0.1, -0.05) is 36.4 Å². The van der Waals surface area contributed by atoms with Crippen LogP contribution in [0.25, 0.3) is 17.0 Å². The molecule has 31 heavy (non-hydrogen) atoms. The maximum atomic E-state index is 9.98. The Morgan fingerprint density at radius 3 is 2.81 bits per heavy atom. The zero-order valence-electron chi connectivity index (χ0n) is 16.6. The van der Waals surface area contributed by atoms with E-state index < -0.39 is 0 Å². The molecule has 1 aliphatic heterocycles. The Morgan fingerprint density at radius 2 is 1.97 bits per heavy atom. The largest absolute Gasteiger partial charge is 0.508 e. The zero-order chi connectivity index (χ0) is 20.9. The molecule has 0 saturated heterocycles. The minimum absolute atomic E-state index is 0.137. The van der Waals surface area contributed by atoms with Crippen molar-refractivity contribution in [2.75, 3.05) is 0 Å². The van der Waals surface area contributed by atoms with Gasteiger partial charge in [-0.15, -0.1) is 5.10 Å². The van der Waals surface area contributed by atoms with Crippen molar-refractivity contribution in [3.05, 3.63) is 95.6 Å². The molecule has 1 N–H and O–H groups in total. The molecule has 5 aromatic rings. The fourth-order valence-electron chi connectivity index (χ4n) is 4.13. The summed E-state index contributed by atoms with van der Waals surface area (Å²) in [6.07, 6.45) is 5.18. The summed E-state index contributed by atoms with van der Waals surface area (Å²) in [4.78, 5) is 13.7. The van der Waals surface area contributed by atoms with Crippen LogP contribution in [0.2, 0.25) is 0 Å². The molecule has 7 heteroatoms. The number of pyridine rings is 1. The van der Waals surface area contributed by atoms with Gasteiger partial charge in [0, 0.05) is 35.5 Å². The van der Waals surface area contributed by atoms with Crippen LogP contribution in [0.3, 0.4) is 0 Å². The van der Waals surface area contributed by atoms with E-state index in [1.807, 2.05) is 55.6 Å². The highest BCUT2D eigenvalue weighted by atomic mass is 16.5. The number of hydrogen-bond acceptors (Lipinski definition) is 6. The number of phenolic OH excluding ortho intramolecular Hbond substituents is 1. The number of ether oxygens (including phenoxy) is 1. The number of fused-ring (bicyclic) bond motifs is 4. The van der Waals surface area contributed by atoms with Crippen molar-refractivity contribution in [1.29, 1.82) is 0 Å². The number of aromatic nitrogens is 5. The Hall–Kier alpha value is -4.26. The first-order valence-electron chi connectivity index (χ1n) is 9.91. The van der Waals surface area contributed by atoms with Gasteiger partial charge in [0.05, 0.1) is 5.56 Å². The van der Waals surface area contributed by atoms with Crippen molar-refractivity contribution < 1.29 is 9.84 Å². The number of phenols is 1. The SMILES string of the molecule is Cc1ccccc1-c1nc2c3c(ncn2n1)Oc1cc(O)ccc1C3c1cccnc1. The predicted octanol–water partition coefficient (Wildman–Crippen LogP) is 4.49. The minimum Gasteiger partial charge on any atom is -0.508 e. The topological polar surface area (TPSA) is 85.4 Å². The highest BCUT2D eigenvalue weighted by Gasteiger charge is 2.33. The maximum absolute atomic E-state index is 9.98. The van der Waals surface area contributed by atoms with Crippen LogP contribution < -0.4 is 4.74 Å². The Morgan fingerprint density at radius 1 is 1.06 bits per heavy atom. The summed E-state index contributed by atoms with van der Waals surface area (Å²) in [6, 6.07) is 17.1. The highest BCUT2D eigenvalue weighted by molar-refractivity contribution is 5.69. The van der Waals surface area contributed by atoms with E-state index in [2.05, 4.69) is 15.1 Å². The van der Waals surface area contributed by atoms with Crippen molar-refractivity contribution in [2.45, 2.75) is 12.8 Å². The van der Waals surface area contributed by atoms with Gasteiger partial charge in [-0.25, -0.2) is 14.5 Å². The molecule has 4 heterocycles. The predicted molar refractivity (Wildman–Crippen MR) is 114 cm³/mol. The Bertz CT molecular complexity index is 1450. The second-order valence-electron chi connectivity index (χ2n) is 7.53. The summed E-state index contributed by atoms with van der Waals surface area (Å²) >= 11 is 0. The van der Waals surface area contributed by atoms with Crippen molar-refractivity contribution >= 4 is 5.65 Å².